The van der Waals surface area contributed by atoms with Gasteiger partial charge < -0.3 is 9.47 Å². The largest absolute Gasteiger partial charge is 0.494 e. The minimum atomic E-state index is -0.616. The van der Waals surface area contributed by atoms with E-state index < -0.39 is 11.8 Å². The Labute approximate surface area is 97.4 Å². The van der Waals surface area contributed by atoms with Crippen molar-refractivity contribution in [3.8, 4) is 5.75 Å². The van der Waals surface area contributed by atoms with Gasteiger partial charge in [0.05, 0.1) is 19.2 Å². The van der Waals surface area contributed by atoms with Crippen molar-refractivity contribution < 1.29 is 18.7 Å². The molecular weight excluding hydrogens is 235 g/mol. The first-order chi connectivity index (χ1) is 7.60. The van der Waals surface area contributed by atoms with Gasteiger partial charge in [-0.25, -0.2) is 9.18 Å². The van der Waals surface area contributed by atoms with E-state index in [9.17, 15) is 9.18 Å². The van der Waals surface area contributed by atoms with Crippen LogP contribution in [0.1, 0.15) is 5.56 Å². The van der Waals surface area contributed by atoms with Crippen LogP contribution in [0.15, 0.2) is 18.2 Å². The van der Waals surface area contributed by atoms with E-state index in [1.165, 1.54) is 32.4 Å². The summed E-state index contributed by atoms with van der Waals surface area (Å²) in [5, 5.41) is 0.193. The average Bonchev–Trinajstić information content (AvgIpc) is 2.28. The molecule has 0 aliphatic carbocycles. The quantitative estimate of drug-likeness (QED) is 0.606. The summed E-state index contributed by atoms with van der Waals surface area (Å²) < 4.78 is 22.9. The van der Waals surface area contributed by atoms with Crippen molar-refractivity contribution in [3.05, 3.63) is 34.6 Å². The maximum atomic E-state index is 13.7. The molecule has 5 heteroatoms. The Morgan fingerprint density at radius 2 is 2.12 bits per heavy atom. The van der Waals surface area contributed by atoms with Crippen LogP contribution >= 0.6 is 11.6 Å². The van der Waals surface area contributed by atoms with E-state index >= 15 is 0 Å². The van der Waals surface area contributed by atoms with Gasteiger partial charge in [0.25, 0.3) is 0 Å². The van der Waals surface area contributed by atoms with Crippen LogP contribution in [0.2, 0.25) is 5.02 Å². The number of hydrogen-bond donors (Lipinski definition) is 0. The number of esters is 1. The summed E-state index contributed by atoms with van der Waals surface area (Å²) in [7, 11) is 2.58. The van der Waals surface area contributed by atoms with Crippen LogP contribution in [-0.4, -0.2) is 20.2 Å². The number of ether oxygens (including phenoxy) is 2. The first-order valence-corrected chi connectivity index (χ1v) is 4.76. The third-order valence-electron chi connectivity index (χ3n) is 1.90. The fourth-order valence-electron chi connectivity index (χ4n) is 1.08. The predicted molar refractivity (Wildman–Crippen MR) is 59.0 cm³/mol. The van der Waals surface area contributed by atoms with Crippen LogP contribution in [0.25, 0.3) is 6.08 Å². The molecule has 0 aromatic heterocycles. The van der Waals surface area contributed by atoms with Crippen molar-refractivity contribution >= 4 is 23.6 Å². The molecule has 1 rings (SSSR count). The lowest BCUT2D eigenvalue weighted by Gasteiger charge is -2.05. The monoisotopic (exact) mass is 244 g/mol. The molecule has 1 aromatic rings. The lowest BCUT2D eigenvalue weighted by Crippen LogP contribution is -1.95. The Morgan fingerprint density at radius 3 is 2.69 bits per heavy atom. The molecule has 16 heavy (non-hydrogen) atoms. The predicted octanol–water partition coefficient (Wildman–Crippen LogP) is 2.67. The van der Waals surface area contributed by atoms with Gasteiger partial charge in [0.1, 0.15) is 0 Å². The van der Waals surface area contributed by atoms with E-state index in [1.807, 2.05) is 0 Å². The Kier molecular flexibility index (Phi) is 4.31. The van der Waals surface area contributed by atoms with Crippen molar-refractivity contribution in [3.63, 3.8) is 0 Å². The molecule has 0 amide bonds. The summed E-state index contributed by atoms with van der Waals surface area (Å²) >= 11 is 5.79. The first-order valence-electron chi connectivity index (χ1n) is 4.38. The molecular formula is C11H10ClFO3. The summed E-state index contributed by atoms with van der Waals surface area (Å²) in [6.07, 6.45) is 2.33. The van der Waals surface area contributed by atoms with Gasteiger partial charge in [-0.05, 0) is 18.2 Å². The van der Waals surface area contributed by atoms with E-state index in [0.717, 1.165) is 6.08 Å². The summed E-state index contributed by atoms with van der Waals surface area (Å²) in [4.78, 5) is 10.9. The second kappa shape index (κ2) is 5.51. The van der Waals surface area contributed by atoms with Crippen molar-refractivity contribution in [1.29, 1.82) is 0 Å². The van der Waals surface area contributed by atoms with Gasteiger partial charge in [-0.15, -0.1) is 0 Å². The summed E-state index contributed by atoms with van der Waals surface area (Å²) in [5.74, 6) is -1.14. The first kappa shape index (κ1) is 12.5. The van der Waals surface area contributed by atoms with E-state index in [2.05, 4.69) is 4.74 Å². The lowest BCUT2D eigenvalue weighted by atomic mass is 10.2. The van der Waals surface area contributed by atoms with Crippen LogP contribution in [0.4, 0.5) is 4.39 Å². The van der Waals surface area contributed by atoms with Crippen molar-refractivity contribution in [1.82, 2.24) is 0 Å². The topological polar surface area (TPSA) is 35.5 Å². The fourth-order valence-corrected chi connectivity index (χ4v) is 1.29. The average molecular weight is 245 g/mol. The molecule has 0 fully saturated rings. The Morgan fingerprint density at radius 1 is 1.44 bits per heavy atom. The Bertz CT molecular complexity index is 429. The maximum absolute atomic E-state index is 13.7. The highest BCUT2D eigenvalue weighted by molar-refractivity contribution is 6.32. The molecule has 0 saturated carbocycles. The maximum Gasteiger partial charge on any atom is 0.330 e. The van der Waals surface area contributed by atoms with Crippen LogP contribution in [-0.2, 0) is 9.53 Å². The molecule has 0 bridgehead atoms. The molecule has 0 unspecified atom stereocenters. The van der Waals surface area contributed by atoms with Gasteiger partial charge in [-0.2, -0.15) is 0 Å². The van der Waals surface area contributed by atoms with Crippen LogP contribution < -0.4 is 4.74 Å². The number of rotatable bonds is 3. The van der Waals surface area contributed by atoms with Gasteiger partial charge in [-0.1, -0.05) is 11.6 Å². The minimum Gasteiger partial charge on any atom is -0.494 e. The lowest BCUT2D eigenvalue weighted by molar-refractivity contribution is -0.134. The highest BCUT2D eigenvalue weighted by atomic mass is 35.5. The molecule has 3 nitrogen and oxygen atoms in total. The van der Waals surface area contributed by atoms with Gasteiger partial charge >= 0.3 is 5.97 Å². The third kappa shape index (κ3) is 2.73. The second-order valence-corrected chi connectivity index (χ2v) is 3.24. The standard InChI is InChI=1S/C11H10ClFO3/c1-15-9-5-4-8(12)7(11(9)13)3-6-10(14)16-2/h3-6H,1-2H3. The van der Waals surface area contributed by atoms with Gasteiger partial charge in [-0.3, -0.25) is 0 Å². The Hall–Kier alpha value is -1.55. The molecule has 0 heterocycles. The number of methoxy groups -OCH3 is 2. The zero-order chi connectivity index (χ0) is 12.1. The van der Waals surface area contributed by atoms with Crippen molar-refractivity contribution in [2.75, 3.05) is 14.2 Å². The van der Waals surface area contributed by atoms with E-state index in [0.29, 0.717) is 0 Å². The molecule has 0 radical (unpaired) electrons. The summed E-state index contributed by atoms with van der Waals surface area (Å²) in [6.45, 7) is 0. The van der Waals surface area contributed by atoms with Gasteiger partial charge in [0, 0.05) is 11.6 Å². The van der Waals surface area contributed by atoms with E-state index in [4.69, 9.17) is 16.3 Å². The third-order valence-corrected chi connectivity index (χ3v) is 2.23. The number of benzene rings is 1. The molecule has 0 aliphatic rings. The minimum absolute atomic E-state index is 0.0638. The number of hydrogen-bond acceptors (Lipinski definition) is 3. The molecule has 86 valence electrons. The number of halogens is 2. The number of carbonyl (C=O) groups is 1. The molecule has 0 spiro atoms. The zero-order valence-electron chi connectivity index (χ0n) is 8.79. The molecule has 0 saturated heterocycles. The SMILES string of the molecule is COC(=O)C=Cc1c(Cl)ccc(OC)c1F. The second-order valence-electron chi connectivity index (χ2n) is 2.83. The van der Waals surface area contributed by atoms with Crippen molar-refractivity contribution in [2.24, 2.45) is 0 Å². The van der Waals surface area contributed by atoms with Crippen LogP contribution in [0.5, 0.6) is 5.75 Å². The van der Waals surface area contributed by atoms with E-state index in [1.54, 1.807) is 0 Å². The molecule has 1 aromatic carbocycles. The normalized spacial score (nSPS) is 10.5. The van der Waals surface area contributed by atoms with Gasteiger partial charge in [0.2, 0.25) is 0 Å². The van der Waals surface area contributed by atoms with Crippen molar-refractivity contribution in [2.45, 2.75) is 0 Å². The van der Waals surface area contributed by atoms with Gasteiger partial charge in [0.15, 0.2) is 11.6 Å². The summed E-state index contributed by atoms with van der Waals surface area (Å²) in [6, 6.07) is 2.90. The highest BCUT2D eigenvalue weighted by Crippen LogP contribution is 2.28. The molecule has 0 N–H and O–H groups in total. The number of carbonyl (C=O) groups excluding carboxylic acids is 1. The molecule has 0 aliphatic heterocycles. The summed E-state index contributed by atoms with van der Waals surface area (Å²) in [5.41, 5.74) is 0.0893. The van der Waals surface area contributed by atoms with Crippen LogP contribution in [0.3, 0.4) is 0 Å². The fraction of sp³-hybridized carbons (Fsp3) is 0.182. The molecule has 0 atom stereocenters. The zero-order valence-corrected chi connectivity index (χ0v) is 9.55. The smallest absolute Gasteiger partial charge is 0.330 e. The van der Waals surface area contributed by atoms with E-state index in [-0.39, 0.29) is 16.3 Å². The highest BCUT2D eigenvalue weighted by Gasteiger charge is 2.10. The van der Waals surface area contributed by atoms with Crippen LogP contribution in [0, 0.1) is 5.82 Å². The Balaban J connectivity index is 3.12.